The number of carbonyl (C=O) groups is 1. The molecule has 0 aromatic heterocycles. The van der Waals surface area contributed by atoms with Crippen LogP contribution < -0.4 is 5.32 Å². The number of sulfone groups is 1. The number of hydrogen-bond donors (Lipinski definition) is 1. The van der Waals surface area contributed by atoms with Crippen molar-refractivity contribution in [1.82, 2.24) is 5.32 Å². The van der Waals surface area contributed by atoms with Gasteiger partial charge in [0.25, 0.3) is 5.91 Å². The predicted octanol–water partition coefficient (Wildman–Crippen LogP) is 2.26. The van der Waals surface area contributed by atoms with Gasteiger partial charge in [0, 0.05) is 18.4 Å². The van der Waals surface area contributed by atoms with Gasteiger partial charge in [0.1, 0.15) is 0 Å². The van der Waals surface area contributed by atoms with Gasteiger partial charge < -0.3 is 5.32 Å². The van der Waals surface area contributed by atoms with Crippen molar-refractivity contribution in [2.75, 3.05) is 12.8 Å². The zero-order valence-corrected chi connectivity index (χ0v) is 12.5. The number of benzene rings is 1. The van der Waals surface area contributed by atoms with Gasteiger partial charge in [0.05, 0.1) is 4.90 Å². The molecule has 0 saturated carbocycles. The van der Waals surface area contributed by atoms with Crippen LogP contribution in [0.5, 0.6) is 0 Å². The normalized spacial score (nSPS) is 11.6. The summed E-state index contributed by atoms with van der Waals surface area (Å²) < 4.78 is 22.6. The molecule has 0 spiro atoms. The Labute approximate surface area is 115 Å². The maximum atomic E-state index is 11.8. The Hall–Kier alpha value is -1.36. The van der Waals surface area contributed by atoms with Crippen LogP contribution in [0.1, 0.15) is 37.0 Å². The number of rotatable bonds is 6. The molecule has 0 heterocycles. The van der Waals surface area contributed by atoms with Crippen LogP contribution in [0.3, 0.4) is 0 Å². The molecule has 0 atom stereocenters. The van der Waals surface area contributed by atoms with Crippen molar-refractivity contribution in [2.24, 2.45) is 5.92 Å². The molecule has 0 saturated heterocycles. The fraction of sp³-hybridized carbons (Fsp3) is 0.500. The van der Waals surface area contributed by atoms with Crippen LogP contribution >= 0.6 is 0 Å². The molecule has 1 aromatic rings. The Kier molecular flexibility index (Phi) is 5.54. The molecule has 1 amide bonds. The topological polar surface area (TPSA) is 63.2 Å². The van der Waals surface area contributed by atoms with Gasteiger partial charge in [-0.1, -0.05) is 13.8 Å². The summed E-state index contributed by atoms with van der Waals surface area (Å²) in [5.41, 5.74) is 0.483. The fourth-order valence-electron chi connectivity index (χ4n) is 1.67. The fourth-order valence-corrected chi connectivity index (χ4v) is 2.30. The molecule has 4 nitrogen and oxygen atoms in total. The van der Waals surface area contributed by atoms with E-state index in [-0.39, 0.29) is 10.8 Å². The SMILES string of the molecule is CC(C)CCCNC(=O)c1ccc(S(C)(=O)=O)cc1. The first kappa shape index (κ1) is 15.7. The molecule has 19 heavy (non-hydrogen) atoms. The highest BCUT2D eigenvalue weighted by Crippen LogP contribution is 2.10. The number of nitrogens with one attached hydrogen (secondary N) is 1. The third-order valence-corrected chi connectivity index (χ3v) is 3.92. The minimum atomic E-state index is -3.21. The lowest BCUT2D eigenvalue weighted by molar-refractivity contribution is 0.0952. The predicted molar refractivity (Wildman–Crippen MR) is 76.0 cm³/mol. The minimum Gasteiger partial charge on any atom is -0.352 e. The molecular formula is C14H21NO3S. The zero-order valence-electron chi connectivity index (χ0n) is 11.6. The summed E-state index contributed by atoms with van der Waals surface area (Å²) in [5, 5.41) is 2.82. The second-order valence-corrected chi connectivity index (χ2v) is 7.10. The van der Waals surface area contributed by atoms with Crippen molar-refractivity contribution in [3.05, 3.63) is 29.8 Å². The highest BCUT2D eigenvalue weighted by atomic mass is 32.2. The zero-order chi connectivity index (χ0) is 14.5. The summed E-state index contributed by atoms with van der Waals surface area (Å²) in [5.74, 6) is 0.467. The van der Waals surface area contributed by atoms with Crippen molar-refractivity contribution in [3.63, 3.8) is 0 Å². The molecule has 0 aliphatic heterocycles. The van der Waals surface area contributed by atoms with E-state index in [0.717, 1.165) is 19.1 Å². The lowest BCUT2D eigenvalue weighted by atomic mass is 10.1. The first-order valence-corrected chi connectivity index (χ1v) is 8.28. The van der Waals surface area contributed by atoms with E-state index in [9.17, 15) is 13.2 Å². The molecule has 0 aliphatic carbocycles. The number of hydrogen-bond acceptors (Lipinski definition) is 3. The largest absolute Gasteiger partial charge is 0.352 e. The summed E-state index contributed by atoms with van der Waals surface area (Å²) in [6.07, 6.45) is 3.17. The molecule has 0 fully saturated rings. The van der Waals surface area contributed by atoms with Crippen LogP contribution in [0, 0.1) is 5.92 Å². The standard InChI is InChI=1S/C14H21NO3S/c1-11(2)5-4-10-15-14(16)12-6-8-13(9-7-12)19(3,17)18/h6-9,11H,4-5,10H2,1-3H3,(H,15,16). The summed E-state index contributed by atoms with van der Waals surface area (Å²) in [6.45, 7) is 4.93. The molecular weight excluding hydrogens is 262 g/mol. The van der Waals surface area contributed by atoms with Gasteiger partial charge in [-0.3, -0.25) is 4.79 Å². The molecule has 5 heteroatoms. The van der Waals surface area contributed by atoms with Gasteiger partial charge in [-0.25, -0.2) is 8.42 Å². The molecule has 0 radical (unpaired) electrons. The van der Waals surface area contributed by atoms with Gasteiger partial charge in [0.2, 0.25) is 0 Å². The van der Waals surface area contributed by atoms with Crippen LogP contribution in [0.15, 0.2) is 29.2 Å². The highest BCUT2D eigenvalue weighted by Gasteiger charge is 2.09. The van der Waals surface area contributed by atoms with E-state index in [1.807, 2.05) is 0 Å². The average Bonchev–Trinajstić information content (AvgIpc) is 2.33. The second kappa shape index (κ2) is 6.70. The quantitative estimate of drug-likeness (QED) is 0.814. The van der Waals surface area contributed by atoms with Crippen molar-refractivity contribution >= 4 is 15.7 Å². The van der Waals surface area contributed by atoms with E-state index < -0.39 is 9.84 Å². The molecule has 106 valence electrons. The molecule has 1 rings (SSSR count). The van der Waals surface area contributed by atoms with Crippen LogP contribution in [0.4, 0.5) is 0 Å². The monoisotopic (exact) mass is 283 g/mol. The van der Waals surface area contributed by atoms with Crippen molar-refractivity contribution in [1.29, 1.82) is 0 Å². The van der Waals surface area contributed by atoms with Crippen molar-refractivity contribution < 1.29 is 13.2 Å². The Morgan fingerprint density at radius 2 is 1.79 bits per heavy atom. The Bertz CT molecular complexity index is 518. The number of carbonyl (C=O) groups excluding carboxylic acids is 1. The van der Waals surface area contributed by atoms with Gasteiger partial charge in [-0.05, 0) is 43.0 Å². The van der Waals surface area contributed by atoms with Crippen LogP contribution in [0.25, 0.3) is 0 Å². The molecule has 1 aromatic carbocycles. The lowest BCUT2D eigenvalue weighted by Gasteiger charge is -2.07. The average molecular weight is 283 g/mol. The molecule has 0 unspecified atom stereocenters. The Morgan fingerprint density at radius 1 is 1.21 bits per heavy atom. The van der Waals surface area contributed by atoms with Gasteiger partial charge in [-0.2, -0.15) is 0 Å². The molecule has 0 bridgehead atoms. The Morgan fingerprint density at radius 3 is 2.26 bits per heavy atom. The maximum Gasteiger partial charge on any atom is 0.251 e. The van der Waals surface area contributed by atoms with Crippen molar-refractivity contribution in [2.45, 2.75) is 31.6 Å². The second-order valence-electron chi connectivity index (χ2n) is 5.09. The van der Waals surface area contributed by atoms with Crippen LogP contribution in [0.2, 0.25) is 0 Å². The van der Waals surface area contributed by atoms with Gasteiger partial charge in [-0.15, -0.1) is 0 Å². The van der Waals surface area contributed by atoms with Crippen LogP contribution in [-0.2, 0) is 9.84 Å². The summed E-state index contributed by atoms with van der Waals surface area (Å²) in [7, 11) is -3.21. The van der Waals surface area contributed by atoms with E-state index in [0.29, 0.717) is 18.0 Å². The van der Waals surface area contributed by atoms with E-state index >= 15 is 0 Å². The van der Waals surface area contributed by atoms with Crippen LogP contribution in [-0.4, -0.2) is 27.1 Å². The summed E-state index contributed by atoms with van der Waals surface area (Å²) in [4.78, 5) is 12.0. The minimum absolute atomic E-state index is 0.163. The summed E-state index contributed by atoms with van der Waals surface area (Å²) >= 11 is 0. The van der Waals surface area contributed by atoms with E-state index in [1.54, 1.807) is 0 Å². The third kappa shape index (κ3) is 5.42. The lowest BCUT2D eigenvalue weighted by Crippen LogP contribution is -2.24. The van der Waals surface area contributed by atoms with E-state index in [4.69, 9.17) is 0 Å². The van der Waals surface area contributed by atoms with Crippen molar-refractivity contribution in [3.8, 4) is 0 Å². The smallest absolute Gasteiger partial charge is 0.251 e. The molecule has 0 aliphatic rings. The summed E-state index contributed by atoms with van der Waals surface area (Å²) in [6, 6.07) is 5.99. The van der Waals surface area contributed by atoms with Gasteiger partial charge in [0.15, 0.2) is 9.84 Å². The molecule has 1 N–H and O–H groups in total. The maximum absolute atomic E-state index is 11.8. The Balaban J connectivity index is 2.54. The van der Waals surface area contributed by atoms with E-state index in [1.165, 1.54) is 24.3 Å². The first-order chi connectivity index (χ1) is 8.80. The highest BCUT2D eigenvalue weighted by molar-refractivity contribution is 7.90. The van der Waals surface area contributed by atoms with E-state index in [2.05, 4.69) is 19.2 Å². The first-order valence-electron chi connectivity index (χ1n) is 6.39. The third-order valence-electron chi connectivity index (χ3n) is 2.79. The number of amides is 1. The van der Waals surface area contributed by atoms with Gasteiger partial charge >= 0.3 is 0 Å².